The van der Waals surface area contributed by atoms with Crippen molar-refractivity contribution in [3.05, 3.63) is 58.5 Å². The van der Waals surface area contributed by atoms with Crippen LogP contribution in [0.2, 0.25) is 0 Å². The molecule has 170 valence electrons. The number of carbonyl (C=O) groups is 1. The lowest BCUT2D eigenvalue weighted by Gasteiger charge is -2.34. The number of hydrogen-bond acceptors (Lipinski definition) is 6. The molecule has 0 aliphatic carbocycles. The minimum Gasteiger partial charge on any atom is -0.495 e. The summed E-state index contributed by atoms with van der Waals surface area (Å²) >= 11 is 0. The monoisotopic (exact) mass is 436 g/mol. The quantitative estimate of drug-likeness (QED) is 0.732. The molecule has 5 heterocycles. The van der Waals surface area contributed by atoms with E-state index >= 15 is 0 Å². The molecule has 0 aromatic carbocycles. The molecule has 32 heavy (non-hydrogen) atoms. The van der Waals surface area contributed by atoms with Crippen molar-refractivity contribution in [2.75, 3.05) is 50.8 Å². The predicted octanol–water partition coefficient (Wildman–Crippen LogP) is 2.89. The second kappa shape index (κ2) is 8.71. The summed E-state index contributed by atoms with van der Waals surface area (Å²) in [4.78, 5) is 22.1. The number of pyridine rings is 1. The Kier molecular flexibility index (Phi) is 5.78. The highest BCUT2D eigenvalue weighted by Crippen LogP contribution is 2.36. The zero-order valence-electron chi connectivity index (χ0n) is 19.0. The number of nitrogens with one attached hydrogen (secondary N) is 1. The van der Waals surface area contributed by atoms with Crippen molar-refractivity contribution in [3.63, 3.8) is 0 Å². The maximum atomic E-state index is 12.8. The third-order valence-electron chi connectivity index (χ3n) is 6.87. The van der Waals surface area contributed by atoms with E-state index in [2.05, 4.69) is 29.8 Å². The van der Waals surface area contributed by atoms with Crippen molar-refractivity contribution in [1.82, 2.24) is 15.2 Å². The fourth-order valence-electron chi connectivity index (χ4n) is 5.06. The lowest BCUT2D eigenvalue weighted by atomic mass is 10.0. The van der Waals surface area contributed by atoms with Gasteiger partial charge in [-0.2, -0.15) is 0 Å². The summed E-state index contributed by atoms with van der Waals surface area (Å²) in [6.07, 6.45) is 6.19. The highest BCUT2D eigenvalue weighted by molar-refractivity contribution is 5.99. The molecule has 5 rings (SSSR count). The number of fused-ring (bicyclic) bond motifs is 3. The minimum atomic E-state index is 0.0646. The lowest BCUT2D eigenvalue weighted by molar-refractivity contribution is 0.0689. The summed E-state index contributed by atoms with van der Waals surface area (Å²) in [6, 6.07) is 2.11. The van der Waals surface area contributed by atoms with Gasteiger partial charge >= 0.3 is 0 Å². The van der Waals surface area contributed by atoms with Gasteiger partial charge in [-0.25, -0.2) is 4.98 Å². The number of amides is 1. The van der Waals surface area contributed by atoms with Crippen molar-refractivity contribution in [2.24, 2.45) is 0 Å². The highest BCUT2D eigenvalue weighted by atomic mass is 16.5. The van der Waals surface area contributed by atoms with Crippen LogP contribution in [-0.2, 0) is 9.47 Å². The summed E-state index contributed by atoms with van der Waals surface area (Å²) in [6.45, 7) is 13.5. The molecule has 1 aromatic rings. The lowest BCUT2D eigenvalue weighted by Crippen LogP contribution is -2.45. The first-order valence-corrected chi connectivity index (χ1v) is 11.6. The third-order valence-corrected chi connectivity index (χ3v) is 6.87. The zero-order chi connectivity index (χ0) is 22.2. The molecule has 0 spiro atoms. The van der Waals surface area contributed by atoms with E-state index in [4.69, 9.17) is 14.5 Å². The smallest absolute Gasteiger partial charge is 0.256 e. The van der Waals surface area contributed by atoms with Gasteiger partial charge in [0, 0.05) is 45.6 Å². The summed E-state index contributed by atoms with van der Waals surface area (Å²) in [5, 5.41) is 3.40. The summed E-state index contributed by atoms with van der Waals surface area (Å²) in [5.41, 5.74) is 4.99. The number of nitrogens with zero attached hydrogens (tertiary/aromatic N) is 3. The van der Waals surface area contributed by atoms with Gasteiger partial charge in [-0.15, -0.1) is 0 Å². The number of piperazine rings is 1. The van der Waals surface area contributed by atoms with Crippen LogP contribution >= 0.6 is 0 Å². The largest absolute Gasteiger partial charge is 0.495 e. The van der Waals surface area contributed by atoms with Crippen molar-refractivity contribution < 1.29 is 14.3 Å². The van der Waals surface area contributed by atoms with E-state index in [1.807, 2.05) is 24.0 Å². The molecule has 7 heteroatoms. The van der Waals surface area contributed by atoms with E-state index < -0.39 is 0 Å². The van der Waals surface area contributed by atoms with Crippen LogP contribution in [0.3, 0.4) is 0 Å². The Bertz CT molecular complexity index is 991. The number of hydrogen-bond donors (Lipinski definition) is 1. The van der Waals surface area contributed by atoms with E-state index in [0.717, 1.165) is 85.1 Å². The van der Waals surface area contributed by atoms with Crippen LogP contribution in [0.25, 0.3) is 0 Å². The second-order valence-electron chi connectivity index (χ2n) is 9.15. The number of aryl methyl sites for hydroxylation is 1. The van der Waals surface area contributed by atoms with Gasteiger partial charge in [0.1, 0.15) is 11.9 Å². The minimum absolute atomic E-state index is 0.0646. The van der Waals surface area contributed by atoms with Gasteiger partial charge in [0.05, 0.1) is 36.3 Å². The Morgan fingerprint density at radius 3 is 2.88 bits per heavy atom. The van der Waals surface area contributed by atoms with Gasteiger partial charge in [-0.3, -0.25) is 4.79 Å². The van der Waals surface area contributed by atoms with Crippen LogP contribution in [-0.4, -0.2) is 67.8 Å². The molecule has 4 aliphatic rings. The molecule has 3 saturated heterocycles. The van der Waals surface area contributed by atoms with Gasteiger partial charge in [0.25, 0.3) is 5.91 Å². The zero-order valence-corrected chi connectivity index (χ0v) is 19.0. The van der Waals surface area contributed by atoms with Crippen molar-refractivity contribution in [3.8, 4) is 0 Å². The van der Waals surface area contributed by atoms with Crippen LogP contribution < -0.4 is 10.2 Å². The van der Waals surface area contributed by atoms with E-state index in [0.29, 0.717) is 13.2 Å². The van der Waals surface area contributed by atoms with E-state index in [-0.39, 0.29) is 18.1 Å². The number of ether oxygens (including phenoxy) is 2. The number of rotatable bonds is 4. The Morgan fingerprint density at radius 1 is 1.31 bits per heavy atom. The SMILES string of the molecule is C=C1COC/C1=C/C=C(\C)OC1CCN(c2nc3c(cc2C)C(=O)N2CCNC[C@H]32)CC1. The highest BCUT2D eigenvalue weighted by Gasteiger charge is 2.40. The number of piperidine rings is 1. The molecule has 0 unspecified atom stereocenters. The Hall–Kier alpha value is -2.64. The third kappa shape index (κ3) is 3.95. The molecule has 1 atom stereocenters. The number of allylic oxidation sites excluding steroid dienone is 3. The number of anilines is 1. The second-order valence-corrected chi connectivity index (χ2v) is 9.15. The van der Waals surface area contributed by atoms with Crippen molar-refractivity contribution in [1.29, 1.82) is 0 Å². The fourth-order valence-corrected chi connectivity index (χ4v) is 5.06. The van der Waals surface area contributed by atoms with Gasteiger partial charge < -0.3 is 24.6 Å². The molecule has 1 N–H and O–H groups in total. The average Bonchev–Trinajstić information content (AvgIpc) is 3.33. The molecule has 7 nitrogen and oxygen atoms in total. The molecular weight excluding hydrogens is 404 g/mol. The van der Waals surface area contributed by atoms with Crippen LogP contribution in [0.1, 0.15) is 47.4 Å². The van der Waals surface area contributed by atoms with Crippen LogP contribution in [0, 0.1) is 6.92 Å². The van der Waals surface area contributed by atoms with Crippen molar-refractivity contribution in [2.45, 2.75) is 38.8 Å². The normalized spacial score (nSPS) is 25.5. The molecule has 1 aromatic heterocycles. The summed E-state index contributed by atoms with van der Waals surface area (Å²) in [7, 11) is 0. The maximum Gasteiger partial charge on any atom is 0.256 e. The first kappa shape index (κ1) is 21.2. The van der Waals surface area contributed by atoms with Gasteiger partial charge in [-0.1, -0.05) is 12.7 Å². The van der Waals surface area contributed by atoms with E-state index in [1.165, 1.54) is 0 Å². The maximum absolute atomic E-state index is 12.8. The fraction of sp³-hybridized carbons (Fsp3) is 0.520. The molecule has 0 bridgehead atoms. The predicted molar refractivity (Wildman–Crippen MR) is 124 cm³/mol. The Balaban J connectivity index is 1.23. The van der Waals surface area contributed by atoms with Gasteiger partial charge in [0.2, 0.25) is 0 Å². The van der Waals surface area contributed by atoms with Crippen LogP contribution in [0.15, 0.2) is 41.7 Å². The molecule has 1 amide bonds. The van der Waals surface area contributed by atoms with Crippen LogP contribution in [0.4, 0.5) is 5.82 Å². The van der Waals surface area contributed by atoms with Crippen LogP contribution in [0.5, 0.6) is 0 Å². The number of carbonyl (C=O) groups excluding carboxylic acids is 1. The Morgan fingerprint density at radius 2 is 2.12 bits per heavy atom. The van der Waals surface area contributed by atoms with Gasteiger partial charge in [0.15, 0.2) is 0 Å². The standard InChI is InChI=1S/C25H32N4O3/c1-16-12-21-23(22-13-26-8-11-29(22)25(21)30)27-24(16)28-9-6-20(7-10-28)32-18(3)4-5-19-15-31-14-17(19)2/h4-5,12,20,22,26H,2,6-11,13-15H2,1,3H3/b18-4+,19-5-/t22-/m1/s1. The van der Waals surface area contributed by atoms with E-state index in [9.17, 15) is 4.79 Å². The van der Waals surface area contributed by atoms with Gasteiger partial charge in [-0.05, 0) is 42.7 Å². The topological polar surface area (TPSA) is 66.9 Å². The number of aromatic nitrogens is 1. The first-order chi connectivity index (χ1) is 15.5. The van der Waals surface area contributed by atoms with Crippen molar-refractivity contribution >= 4 is 11.7 Å². The summed E-state index contributed by atoms with van der Waals surface area (Å²) < 4.78 is 11.6. The Labute approximate surface area is 189 Å². The molecular formula is C25H32N4O3. The molecule has 0 saturated carbocycles. The molecule has 3 fully saturated rings. The molecule has 4 aliphatic heterocycles. The summed E-state index contributed by atoms with van der Waals surface area (Å²) in [5.74, 6) is 2.07. The van der Waals surface area contributed by atoms with E-state index in [1.54, 1.807) is 0 Å². The first-order valence-electron chi connectivity index (χ1n) is 11.6. The average molecular weight is 437 g/mol. The molecule has 0 radical (unpaired) electrons.